The number of aryl methyl sites for hydroxylation is 3. The molecule has 0 atom stereocenters. The number of benzene rings is 1. The van der Waals surface area contributed by atoms with Crippen LogP contribution in [0, 0.1) is 20.8 Å². The Morgan fingerprint density at radius 2 is 1.88 bits per heavy atom. The van der Waals surface area contributed by atoms with Crippen molar-refractivity contribution in [2.75, 3.05) is 37.8 Å². The van der Waals surface area contributed by atoms with Gasteiger partial charge < -0.3 is 15.5 Å². The first kappa shape index (κ1) is 20.1. The summed E-state index contributed by atoms with van der Waals surface area (Å²) in [6.45, 7) is 7.41. The summed E-state index contributed by atoms with van der Waals surface area (Å²) in [4.78, 5) is 23.4. The lowest BCUT2D eigenvalue weighted by Crippen LogP contribution is -2.18. The van der Waals surface area contributed by atoms with Gasteiger partial charge in [0.1, 0.15) is 17.3 Å². The van der Waals surface area contributed by atoms with Gasteiger partial charge in [-0.1, -0.05) is 17.7 Å². The Kier molecular flexibility index (Phi) is 6.94. The molecular formula is C19H26ClN5O. The third-order valence-electron chi connectivity index (χ3n) is 3.83. The number of nitrogens with one attached hydrogen (secondary N) is 2. The molecule has 0 saturated heterocycles. The lowest BCUT2D eigenvalue weighted by molar-refractivity contribution is 0.102. The first-order valence-electron chi connectivity index (χ1n) is 8.58. The molecule has 2 rings (SSSR count). The molecule has 0 aliphatic heterocycles. The number of hydrogen-bond donors (Lipinski definition) is 2. The molecule has 0 bridgehead atoms. The number of hydrogen-bond acceptors (Lipinski definition) is 5. The molecule has 1 heterocycles. The van der Waals surface area contributed by atoms with Crippen LogP contribution in [0.1, 0.15) is 33.9 Å². The molecule has 0 radical (unpaired) electrons. The quantitative estimate of drug-likeness (QED) is 0.722. The summed E-state index contributed by atoms with van der Waals surface area (Å²) in [7, 11) is 4.07. The summed E-state index contributed by atoms with van der Waals surface area (Å²) in [5.74, 6) is 0.883. The Balaban J connectivity index is 2.11. The molecule has 0 spiro atoms. The minimum atomic E-state index is -0.305. The van der Waals surface area contributed by atoms with Crippen LogP contribution >= 0.6 is 11.6 Å². The van der Waals surface area contributed by atoms with E-state index in [2.05, 4.69) is 25.5 Å². The largest absolute Gasteiger partial charge is 0.370 e. The van der Waals surface area contributed by atoms with Gasteiger partial charge in [-0.3, -0.25) is 4.79 Å². The molecule has 26 heavy (non-hydrogen) atoms. The molecule has 0 aliphatic rings. The number of nitrogens with zero attached hydrogens (tertiary/aromatic N) is 3. The van der Waals surface area contributed by atoms with Crippen molar-refractivity contribution in [2.45, 2.75) is 27.2 Å². The summed E-state index contributed by atoms with van der Waals surface area (Å²) in [5.41, 5.74) is 2.88. The highest BCUT2D eigenvalue weighted by Gasteiger charge is 2.14. The number of carbonyl (C=O) groups excluding carboxylic acids is 1. The number of rotatable bonds is 7. The lowest BCUT2D eigenvalue weighted by Gasteiger charge is -2.13. The maximum Gasteiger partial charge on any atom is 0.274 e. The highest BCUT2D eigenvalue weighted by Crippen LogP contribution is 2.27. The number of aromatic nitrogens is 2. The number of amides is 1. The van der Waals surface area contributed by atoms with Crippen molar-refractivity contribution >= 4 is 29.0 Å². The van der Waals surface area contributed by atoms with Crippen molar-refractivity contribution in [3.63, 3.8) is 0 Å². The zero-order valence-corrected chi connectivity index (χ0v) is 16.7. The fraction of sp³-hybridized carbons (Fsp3) is 0.421. The maximum atomic E-state index is 12.6. The lowest BCUT2D eigenvalue weighted by atomic mass is 10.1. The van der Waals surface area contributed by atoms with Crippen LogP contribution in [0.25, 0.3) is 0 Å². The van der Waals surface area contributed by atoms with E-state index in [1.54, 1.807) is 13.0 Å². The van der Waals surface area contributed by atoms with Crippen LogP contribution in [0.5, 0.6) is 0 Å². The first-order valence-corrected chi connectivity index (χ1v) is 8.96. The predicted octanol–water partition coefficient (Wildman–Crippen LogP) is 3.67. The van der Waals surface area contributed by atoms with Gasteiger partial charge in [-0.05, 0) is 65.0 Å². The van der Waals surface area contributed by atoms with E-state index in [1.165, 1.54) is 0 Å². The summed E-state index contributed by atoms with van der Waals surface area (Å²) in [6, 6.07) is 5.47. The minimum absolute atomic E-state index is 0.305. The normalized spacial score (nSPS) is 10.9. The van der Waals surface area contributed by atoms with Gasteiger partial charge >= 0.3 is 0 Å². The molecular weight excluding hydrogens is 350 g/mol. The molecule has 1 aromatic carbocycles. The molecule has 1 amide bonds. The van der Waals surface area contributed by atoms with Crippen LogP contribution in [-0.4, -0.2) is 48.0 Å². The average Bonchev–Trinajstić information content (AvgIpc) is 2.54. The zero-order chi connectivity index (χ0) is 19.3. The number of carbonyl (C=O) groups is 1. The Morgan fingerprint density at radius 1 is 1.15 bits per heavy atom. The van der Waals surface area contributed by atoms with Crippen LogP contribution in [0.4, 0.5) is 11.5 Å². The fourth-order valence-corrected chi connectivity index (χ4v) is 3.01. The smallest absolute Gasteiger partial charge is 0.274 e. The predicted molar refractivity (Wildman–Crippen MR) is 107 cm³/mol. The SMILES string of the molecule is Cc1cc(C)c(NC(=O)c2cc(NCCCN(C)C)nc(C)n2)c(Cl)c1. The van der Waals surface area contributed by atoms with Crippen molar-refractivity contribution in [1.29, 1.82) is 0 Å². The van der Waals surface area contributed by atoms with Crippen LogP contribution in [0.15, 0.2) is 18.2 Å². The van der Waals surface area contributed by atoms with Crippen LogP contribution in [0.3, 0.4) is 0 Å². The molecule has 0 fully saturated rings. The number of halogens is 1. The Labute approximate surface area is 160 Å². The van der Waals surface area contributed by atoms with Gasteiger partial charge in [-0.2, -0.15) is 0 Å². The van der Waals surface area contributed by atoms with Gasteiger partial charge in [-0.15, -0.1) is 0 Å². The van der Waals surface area contributed by atoms with Crippen molar-refractivity contribution in [2.24, 2.45) is 0 Å². The summed E-state index contributed by atoms with van der Waals surface area (Å²) in [5, 5.41) is 6.63. The summed E-state index contributed by atoms with van der Waals surface area (Å²) < 4.78 is 0. The van der Waals surface area contributed by atoms with Gasteiger partial charge in [0.15, 0.2) is 0 Å². The zero-order valence-electron chi connectivity index (χ0n) is 16.0. The monoisotopic (exact) mass is 375 g/mol. The second-order valence-electron chi connectivity index (χ2n) is 6.66. The molecule has 0 aliphatic carbocycles. The van der Waals surface area contributed by atoms with E-state index in [1.807, 2.05) is 40.1 Å². The second kappa shape index (κ2) is 8.96. The van der Waals surface area contributed by atoms with Gasteiger partial charge in [-0.25, -0.2) is 9.97 Å². The van der Waals surface area contributed by atoms with E-state index in [0.717, 1.165) is 30.6 Å². The van der Waals surface area contributed by atoms with E-state index in [-0.39, 0.29) is 5.91 Å². The average molecular weight is 376 g/mol. The molecule has 1 aromatic heterocycles. The van der Waals surface area contributed by atoms with E-state index in [4.69, 9.17) is 11.6 Å². The van der Waals surface area contributed by atoms with E-state index in [0.29, 0.717) is 28.0 Å². The van der Waals surface area contributed by atoms with Crippen molar-refractivity contribution in [3.05, 3.63) is 45.9 Å². The van der Waals surface area contributed by atoms with Crippen molar-refractivity contribution in [1.82, 2.24) is 14.9 Å². The molecule has 7 heteroatoms. The minimum Gasteiger partial charge on any atom is -0.370 e. The Bertz CT molecular complexity index is 768. The molecule has 6 nitrogen and oxygen atoms in total. The van der Waals surface area contributed by atoms with E-state index >= 15 is 0 Å². The molecule has 2 N–H and O–H groups in total. The van der Waals surface area contributed by atoms with Crippen LogP contribution in [0.2, 0.25) is 5.02 Å². The van der Waals surface area contributed by atoms with Gasteiger partial charge in [0.2, 0.25) is 0 Å². The molecule has 0 saturated carbocycles. The van der Waals surface area contributed by atoms with Crippen LogP contribution in [-0.2, 0) is 0 Å². The Morgan fingerprint density at radius 3 is 2.54 bits per heavy atom. The van der Waals surface area contributed by atoms with Crippen LogP contribution < -0.4 is 10.6 Å². The molecule has 2 aromatic rings. The second-order valence-corrected chi connectivity index (χ2v) is 7.07. The third-order valence-corrected chi connectivity index (χ3v) is 4.13. The maximum absolute atomic E-state index is 12.6. The molecule has 140 valence electrons. The van der Waals surface area contributed by atoms with Gasteiger partial charge in [0.25, 0.3) is 5.91 Å². The molecule has 0 unspecified atom stereocenters. The van der Waals surface area contributed by atoms with Gasteiger partial charge in [0, 0.05) is 12.6 Å². The first-order chi connectivity index (χ1) is 12.3. The van der Waals surface area contributed by atoms with E-state index in [9.17, 15) is 4.79 Å². The topological polar surface area (TPSA) is 70.2 Å². The van der Waals surface area contributed by atoms with E-state index < -0.39 is 0 Å². The number of anilines is 2. The van der Waals surface area contributed by atoms with Gasteiger partial charge in [0.05, 0.1) is 10.7 Å². The summed E-state index contributed by atoms with van der Waals surface area (Å²) >= 11 is 6.28. The summed E-state index contributed by atoms with van der Waals surface area (Å²) in [6.07, 6.45) is 0.982. The fourth-order valence-electron chi connectivity index (χ4n) is 2.64. The third kappa shape index (κ3) is 5.68. The standard InChI is InChI=1S/C19H26ClN5O/c1-12-9-13(2)18(15(20)10-12)24-19(26)16-11-17(23-14(3)22-16)21-7-6-8-25(4)5/h9-11H,6-8H2,1-5H3,(H,24,26)(H,21,22,23). The van der Waals surface area contributed by atoms with Crippen molar-refractivity contribution < 1.29 is 4.79 Å². The highest BCUT2D eigenvalue weighted by atomic mass is 35.5. The van der Waals surface area contributed by atoms with Crippen molar-refractivity contribution in [3.8, 4) is 0 Å². The Hall–Kier alpha value is -2.18. The highest BCUT2D eigenvalue weighted by molar-refractivity contribution is 6.34.